The first-order chi connectivity index (χ1) is 16.0. The van der Waals surface area contributed by atoms with Crippen molar-refractivity contribution < 1.29 is 13.2 Å². The molecule has 2 N–H and O–H groups in total. The van der Waals surface area contributed by atoms with Crippen molar-refractivity contribution in [2.75, 3.05) is 0 Å². The number of hydrogen-bond acceptors (Lipinski definition) is 4. The number of amides is 1. The Kier molecular flexibility index (Phi) is 6.97. The van der Waals surface area contributed by atoms with E-state index in [1.165, 1.54) is 12.1 Å². The van der Waals surface area contributed by atoms with Crippen LogP contribution in [0, 0.1) is 0 Å². The molecule has 0 radical (unpaired) electrons. The van der Waals surface area contributed by atoms with Gasteiger partial charge < -0.3 is 5.32 Å². The van der Waals surface area contributed by atoms with Gasteiger partial charge in [0.2, 0.25) is 10.0 Å². The van der Waals surface area contributed by atoms with Gasteiger partial charge in [-0.1, -0.05) is 60.7 Å². The predicted molar refractivity (Wildman–Crippen MR) is 126 cm³/mol. The van der Waals surface area contributed by atoms with Crippen molar-refractivity contribution >= 4 is 15.9 Å². The van der Waals surface area contributed by atoms with Gasteiger partial charge in [-0.3, -0.25) is 9.48 Å². The van der Waals surface area contributed by atoms with Crippen molar-refractivity contribution in [3.05, 3.63) is 120 Å². The van der Waals surface area contributed by atoms with Gasteiger partial charge in [0.1, 0.15) is 0 Å². The molecule has 0 spiro atoms. The Morgan fingerprint density at radius 2 is 1.61 bits per heavy atom. The van der Waals surface area contributed by atoms with Crippen LogP contribution in [-0.4, -0.2) is 24.1 Å². The molecule has 0 aliphatic rings. The van der Waals surface area contributed by atoms with Gasteiger partial charge >= 0.3 is 0 Å². The minimum absolute atomic E-state index is 0.0464. The highest BCUT2D eigenvalue weighted by Crippen LogP contribution is 2.14. The molecule has 3 aromatic carbocycles. The fourth-order valence-corrected chi connectivity index (χ4v) is 4.46. The zero-order valence-corrected chi connectivity index (χ0v) is 18.7. The third-order valence-corrected chi connectivity index (χ3v) is 6.56. The van der Waals surface area contributed by atoms with Crippen molar-refractivity contribution in [3.63, 3.8) is 0 Å². The van der Waals surface area contributed by atoms with E-state index in [4.69, 9.17) is 0 Å². The predicted octanol–water partition coefficient (Wildman–Crippen LogP) is 3.34. The summed E-state index contributed by atoms with van der Waals surface area (Å²) in [6.45, 7) is 1.09. The molecule has 4 aromatic rings. The van der Waals surface area contributed by atoms with E-state index in [1.54, 1.807) is 18.3 Å². The Labute approximate surface area is 193 Å². The highest BCUT2D eigenvalue weighted by molar-refractivity contribution is 7.89. The summed E-state index contributed by atoms with van der Waals surface area (Å²) in [6, 6.07) is 25.0. The van der Waals surface area contributed by atoms with Crippen LogP contribution in [0.5, 0.6) is 0 Å². The number of nitrogens with one attached hydrogen (secondary N) is 2. The van der Waals surface area contributed by atoms with E-state index in [1.807, 2.05) is 71.5 Å². The molecule has 1 heterocycles. The van der Waals surface area contributed by atoms with Gasteiger partial charge in [0.25, 0.3) is 5.91 Å². The summed E-state index contributed by atoms with van der Waals surface area (Å²) in [5.74, 6) is -0.344. The smallest absolute Gasteiger partial charge is 0.251 e. The molecule has 0 aliphatic heterocycles. The average Bonchev–Trinajstić information content (AvgIpc) is 3.36. The van der Waals surface area contributed by atoms with Crippen LogP contribution in [0.2, 0.25) is 0 Å². The maximum atomic E-state index is 12.8. The summed E-state index contributed by atoms with van der Waals surface area (Å²) < 4.78 is 29.8. The first-order valence-electron chi connectivity index (χ1n) is 10.5. The van der Waals surface area contributed by atoms with Crippen LogP contribution in [0.25, 0.3) is 0 Å². The quantitative estimate of drug-likeness (QED) is 0.401. The third-order valence-electron chi connectivity index (χ3n) is 5.16. The summed E-state index contributed by atoms with van der Waals surface area (Å²) >= 11 is 0. The first-order valence-corrected chi connectivity index (χ1v) is 12.0. The molecule has 8 heteroatoms. The summed E-state index contributed by atoms with van der Waals surface area (Å²) in [6.07, 6.45) is 3.60. The Hall–Kier alpha value is -3.75. The third kappa shape index (κ3) is 5.94. The molecule has 1 amide bonds. The van der Waals surface area contributed by atoms with Crippen LogP contribution < -0.4 is 10.0 Å². The number of benzene rings is 3. The van der Waals surface area contributed by atoms with Crippen LogP contribution in [-0.2, 0) is 29.7 Å². The molecule has 0 atom stereocenters. The van der Waals surface area contributed by atoms with Gasteiger partial charge in [0, 0.05) is 31.0 Å². The minimum atomic E-state index is -3.76. The van der Waals surface area contributed by atoms with E-state index in [0.29, 0.717) is 13.1 Å². The van der Waals surface area contributed by atoms with Crippen LogP contribution in [0.15, 0.2) is 102 Å². The molecule has 4 rings (SSSR count). The Bertz CT molecular complexity index is 1320. The lowest BCUT2D eigenvalue weighted by Gasteiger charge is -2.12. The van der Waals surface area contributed by atoms with Gasteiger partial charge in [0.05, 0.1) is 11.4 Å². The molecule has 0 fully saturated rings. The SMILES string of the molecule is O=C(NCc1ccccc1Cn1cccn1)c1cccc(S(=O)(=O)NCc2ccccc2)c1. The van der Waals surface area contributed by atoms with Crippen LogP contribution >= 0.6 is 0 Å². The highest BCUT2D eigenvalue weighted by atomic mass is 32.2. The standard InChI is InChI=1S/C25H24N4O3S/c30-25(26-18-22-10-4-5-11-23(22)19-29-15-7-14-27-29)21-12-6-13-24(16-21)33(31,32)28-17-20-8-2-1-3-9-20/h1-16,28H,17-19H2,(H,26,30). The molecular formula is C25H24N4O3S. The lowest BCUT2D eigenvalue weighted by molar-refractivity contribution is 0.0950. The fourth-order valence-electron chi connectivity index (χ4n) is 3.39. The molecule has 0 unspecified atom stereocenters. The van der Waals surface area contributed by atoms with Gasteiger partial charge in [-0.15, -0.1) is 0 Å². The zero-order valence-electron chi connectivity index (χ0n) is 17.9. The lowest BCUT2D eigenvalue weighted by atomic mass is 10.1. The van der Waals surface area contributed by atoms with Crippen LogP contribution in [0.3, 0.4) is 0 Å². The molecule has 0 saturated heterocycles. The van der Waals surface area contributed by atoms with Gasteiger partial charge in [-0.2, -0.15) is 5.10 Å². The van der Waals surface area contributed by atoms with E-state index in [-0.39, 0.29) is 22.9 Å². The van der Waals surface area contributed by atoms with Crippen LogP contribution in [0.4, 0.5) is 0 Å². The second kappa shape index (κ2) is 10.2. The Morgan fingerprint density at radius 1 is 0.848 bits per heavy atom. The second-order valence-corrected chi connectivity index (χ2v) is 9.26. The highest BCUT2D eigenvalue weighted by Gasteiger charge is 2.16. The number of rotatable bonds is 9. The largest absolute Gasteiger partial charge is 0.348 e. The Balaban J connectivity index is 1.42. The molecule has 168 valence electrons. The number of carbonyl (C=O) groups excluding carboxylic acids is 1. The van der Waals surface area contributed by atoms with E-state index in [9.17, 15) is 13.2 Å². The normalized spacial score (nSPS) is 11.3. The Morgan fingerprint density at radius 3 is 2.36 bits per heavy atom. The summed E-state index contributed by atoms with van der Waals surface area (Å²) in [7, 11) is -3.76. The molecular weight excluding hydrogens is 436 g/mol. The summed E-state index contributed by atoms with van der Waals surface area (Å²) in [5.41, 5.74) is 3.14. The van der Waals surface area contributed by atoms with Crippen molar-refractivity contribution in [1.82, 2.24) is 19.8 Å². The second-order valence-electron chi connectivity index (χ2n) is 7.49. The maximum Gasteiger partial charge on any atom is 0.251 e. The molecule has 7 nitrogen and oxygen atoms in total. The van der Waals surface area contributed by atoms with Gasteiger partial charge in [-0.05, 0) is 41.0 Å². The number of sulfonamides is 1. The van der Waals surface area contributed by atoms with Crippen molar-refractivity contribution in [3.8, 4) is 0 Å². The van der Waals surface area contributed by atoms with E-state index < -0.39 is 10.0 Å². The average molecular weight is 461 g/mol. The van der Waals surface area contributed by atoms with Crippen LogP contribution in [0.1, 0.15) is 27.0 Å². The number of hydrogen-bond donors (Lipinski definition) is 2. The summed E-state index contributed by atoms with van der Waals surface area (Å²) in [5, 5.41) is 7.12. The molecule has 33 heavy (non-hydrogen) atoms. The van der Waals surface area contributed by atoms with Gasteiger partial charge in [0.15, 0.2) is 0 Å². The monoisotopic (exact) mass is 460 g/mol. The van der Waals surface area contributed by atoms with E-state index >= 15 is 0 Å². The van der Waals surface area contributed by atoms with E-state index in [2.05, 4.69) is 15.1 Å². The molecule has 0 bridgehead atoms. The molecule has 0 saturated carbocycles. The minimum Gasteiger partial charge on any atom is -0.348 e. The van der Waals surface area contributed by atoms with Crippen molar-refractivity contribution in [2.24, 2.45) is 0 Å². The molecule has 1 aromatic heterocycles. The lowest BCUT2D eigenvalue weighted by Crippen LogP contribution is -2.25. The fraction of sp³-hybridized carbons (Fsp3) is 0.120. The summed E-state index contributed by atoms with van der Waals surface area (Å²) in [4.78, 5) is 12.8. The number of aromatic nitrogens is 2. The topological polar surface area (TPSA) is 93.1 Å². The van der Waals surface area contributed by atoms with E-state index in [0.717, 1.165) is 16.7 Å². The van der Waals surface area contributed by atoms with Crippen molar-refractivity contribution in [1.29, 1.82) is 0 Å². The van der Waals surface area contributed by atoms with Gasteiger partial charge in [-0.25, -0.2) is 13.1 Å². The maximum absolute atomic E-state index is 12.8. The molecule has 0 aliphatic carbocycles. The van der Waals surface area contributed by atoms with Crippen molar-refractivity contribution in [2.45, 2.75) is 24.5 Å². The zero-order chi connectivity index (χ0) is 23.1. The first kappa shape index (κ1) is 22.4. The number of nitrogens with zero attached hydrogens (tertiary/aromatic N) is 2. The number of carbonyl (C=O) groups is 1.